The maximum absolute atomic E-state index is 9.51. The van der Waals surface area contributed by atoms with Crippen molar-refractivity contribution in [1.29, 1.82) is 0 Å². The molecule has 0 aliphatic heterocycles. The molecule has 3 fully saturated rings. The molecule has 4 aliphatic rings. The Morgan fingerprint density at radius 3 is 2.88 bits per heavy atom. The Hall–Kier alpha value is -0.300. The summed E-state index contributed by atoms with van der Waals surface area (Å²) in [5, 5.41) is 9.51. The molecule has 0 amide bonds. The maximum atomic E-state index is 9.51. The van der Waals surface area contributed by atoms with E-state index >= 15 is 0 Å². The van der Waals surface area contributed by atoms with E-state index in [2.05, 4.69) is 26.8 Å². The molecule has 1 nitrogen and oxygen atoms in total. The number of aliphatic hydroxyl groups is 1. The Bertz CT molecular complexity index is 330. The standard InChI is InChI=1S/C15H24O/c1-9(2)11-6-7-15(3)12-5-4-10(8-16)14(15)13(11)12/h4,9,11-14,16H,5-8H2,1-3H3. The first-order valence-electron chi connectivity index (χ1n) is 6.89. The van der Waals surface area contributed by atoms with E-state index in [4.69, 9.17) is 0 Å². The van der Waals surface area contributed by atoms with Crippen LogP contribution >= 0.6 is 0 Å². The lowest BCUT2D eigenvalue weighted by atomic mass is 9.34. The highest BCUT2D eigenvalue weighted by Crippen LogP contribution is 2.71. The van der Waals surface area contributed by atoms with Crippen molar-refractivity contribution in [2.75, 3.05) is 6.61 Å². The number of allylic oxidation sites excluding steroid dienone is 1. The van der Waals surface area contributed by atoms with Gasteiger partial charge in [-0.3, -0.25) is 0 Å². The summed E-state index contributed by atoms with van der Waals surface area (Å²) >= 11 is 0. The molecule has 4 bridgehead atoms. The van der Waals surface area contributed by atoms with E-state index in [0.717, 1.165) is 29.6 Å². The number of rotatable bonds is 2. The molecule has 4 rings (SSSR count). The summed E-state index contributed by atoms with van der Waals surface area (Å²) in [7, 11) is 0. The minimum absolute atomic E-state index is 0.300. The van der Waals surface area contributed by atoms with E-state index in [1.807, 2.05) is 0 Å². The van der Waals surface area contributed by atoms with Gasteiger partial charge in [-0.1, -0.05) is 26.8 Å². The van der Waals surface area contributed by atoms with Gasteiger partial charge in [0.15, 0.2) is 0 Å². The van der Waals surface area contributed by atoms with Crippen LogP contribution in [0.4, 0.5) is 0 Å². The highest BCUT2D eigenvalue weighted by Gasteiger charge is 2.65. The molecule has 4 aliphatic carbocycles. The van der Waals surface area contributed by atoms with Crippen LogP contribution in [0.25, 0.3) is 0 Å². The molecular weight excluding hydrogens is 196 g/mol. The van der Waals surface area contributed by atoms with E-state index in [1.165, 1.54) is 24.8 Å². The maximum Gasteiger partial charge on any atom is 0.0644 e. The van der Waals surface area contributed by atoms with Crippen LogP contribution in [0.1, 0.15) is 40.0 Å². The number of aliphatic hydroxyl groups excluding tert-OH is 1. The third-order valence-corrected chi connectivity index (χ3v) is 5.99. The van der Waals surface area contributed by atoms with Gasteiger partial charge in [0.25, 0.3) is 0 Å². The van der Waals surface area contributed by atoms with Gasteiger partial charge >= 0.3 is 0 Å². The molecule has 1 heteroatoms. The van der Waals surface area contributed by atoms with E-state index in [9.17, 15) is 5.11 Å². The summed E-state index contributed by atoms with van der Waals surface area (Å²) in [5.74, 6) is 4.27. The fourth-order valence-electron chi connectivity index (χ4n) is 5.22. The normalized spacial score (nSPS) is 49.9. The van der Waals surface area contributed by atoms with Crippen LogP contribution in [0.3, 0.4) is 0 Å². The lowest BCUT2D eigenvalue weighted by Gasteiger charge is -2.70. The summed E-state index contributed by atoms with van der Waals surface area (Å²) in [6, 6.07) is 0. The summed E-state index contributed by atoms with van der Waals surface area (Å²) in [4.78, 5) is 0. The zero-order valence-electron chi connectivity index (χ0n) is 10.7. The fraction of sp³-hybridized carbons (Fsp3) is 0.867. The molecule has 0 heterocycles. The lowest BCUT2D eigenvalue weighted by molar-refractivity contribution is -0.183. The van der Waals surface area contributed by atoms with Crippen LogP contribution in [-0.4, -0.2) is 11.7 Å². The molecule has 5 unspecified atom stereocenters. The topological polar surface area (TPSA) is 20.2 Å². The van der Waals surface area contributed by atoms with Crippen molar-refractivity contribution in [2.45, 2.75) is 40.0 Å². The molecule has 16 heavy (non-hydrogen) atoms. The van der Waals surface area contributed by atoms with Crippen molar-refractivity contribution in [3.63, 3.8) is 0 Å². The van der Waals surface area contributed by atoms with Gasteiger partial charge in [0.1, 0.15) is 0 Å². The molecule has 1 N–H and O–H groups in total. The molecule has 0 aromatic carbocycles. The van der Waals surface area contributed by atoms with Gasteiger partial charge in [-0.05, 0) is 59.8 Å². The van der Waals surface area contributed by atoms with Crippen LogP contribution in [-0.2, 0) is 0 Å². The fourth-order valence-corrected chi connectivity index (χ4v) is 5.22. The molecule has 3 saturated carbocycles. The van der Waals surface area contributed by atoms with E-state index < -0.39 is 0 Å². The van der Waals surface area contributed by atoms with Crippen molar-refractivity contribution in [1.82, 2.24) is 0 Å². The molecule has 90 valence electrons. The minimum Gasteiger partial charge on any atom is -0.392 e. The first-order chi connectivity index (χ1) is 7.59. The predicted molar refractivity (Wildman–Crippen MR) is 65.9 cm³/mol. The van der Waals surface area contributed by atoms with E-state index in [0.29, 0.717) is 12.0 Å². The van der Waals surface area contributed by atoms with Crippen molar-refractivity contribution >= 4 is 0 Å². The monoisotopic (exact) mass is 220 g/mol. The SMILES string of the molecule is CC(C)C1CCC2(C)C3CC=C(CO)C2C13. The molecule has 0 radical (unpaired) electrons. The lowest BCUT2D eigenvalue weighted by Crippen LogP contribution is -2.64. The first kappa shape index (κ1) is 10.8. The van der Waals surface area contributed by atoms with Crippen LogP contribution in [0.15, 0.2) is 11.6 Å². The number of hydrogen-bond acceptors (Lipinski definition) is 1. The zero-order valence-corrected chi connectivity index (χ0v) is 10.7. The largest absolute Gasteiger partial charge is 0.392 e. The third kappa shape index (κ3) is 1.11. The van der Waals surface area contributed by atoms with Gasteiger partial charge in [-0.2, -0.15) is 0 Å². The average Bonchev–Trinajstić information content (AvgIpc) is 2.29. The Balaban J connectivity index is 1.93. The van der Waals surface area contributed by atoms with Crippen molar-refractivity contribution in [3.8, 4) is 0 Å². The first-order valence-corrected chi connectivity index (χ1v) is 6.89. The molecular formula is C15H24O. The Labute approximate surface area is 98.9 Å². The summed E-state index contributed by atoms with van der Waals surface area (Å²) in [6.07, 6.45) is 6.37. The minimum atomic E-state index is 0.300. The van der Waals surface area contributed by atoms with Gasteiger partial charge in [-0.25, -0.2) is 0 Å². The highest BCUT2D eigenvalue weighted by molar-refractivity contribution is 5.29. The van der Waals surface area contributed by atoms with Crippen LogP contribution < -0.4 is 0 Å². The summed E-state index contributed by atoms with van der Waals surface area (Å²) in [6.45, 7) is 7.53. The second-order valence-corrected chi connectivity index (χ2v) is 6.79. The summed E-state index contributed by atoms with van der Waals surface area (Å²) in [5.41, 5.74) is 1.91. The second-order valence-electron chi connectivity index (χ2n) is 6.79. The van der Waals surface area contributed by atoms with Gasteiger partial charge in [-0.15, -0.1) is 0 Å². The molecule has 0 spiro atoms. The molecule has 0 aromatic rings. The van der Waals surface area contributed by atoms with Crippen molar-refractivity contribution < 1.29 is 5.11 Å². The molecule has 5 atom stereocenters. The quantitative estimate of drug-likeness (QED) is 0.708. The van der Waals surface area contributed by atoms with Gasteiger partial charge in [0, 0.05) is 0 Å². The predicted octanol–water partition coefficient (Wildman–Crippen LogP) is 3.24. The number of hydrogen-bond donors (Lipinski definition) is 1. The average molecular weight is 220 g/mol. The zero-order chi connectivity index (χ0) is 11.5. The van der Waals surface area contributed by atoms with E-state index in [1.54, 1.807) is 0 Å². The number of fused-ring (bicyclic) bond motifs is 2. The van der Waals surface area contributed by atoms with Gasteiger partial charge < -0.3 is 5.11 Å². The van der Waals surface area contributed by atoms with Crippen molar-refractivity contribution in [2.24, 2.45) is 35.0 Å². The highest BCUT2D eigenvalue weighted by atomic mass is 16.3. The van der Waals surface area contributed by atoms with Crippen molar-refractivity contribution in [3.05, 3.63) is 11.6 Å². The van der Waals surface area contributed by atoms with Gasteiger partial charge in [0.2, 0.25) is 0 Å². The Morgan fingerprint density at radius 1 is 1.50 bits per heavy atom. The third-order valence-electron chi connectivity index (χ3n) is 5.99. The smallest absolute Gasteiger partial charge is 0.0644 e. The van der Waals surface area contributed by atoms with Crippen LogP contribution in [0.5, 0.6) is 0 Å². The Morgan fingerprint density at radius 2 is 2.25 bits per heavy atom. The Kier molecular flexibility index (Phi) is 2.27. The van der Waals surface area contributed by atoms with Crippen LogP contribution in [0, 0.1) is 35.0 Å². The summed E-state index contributed by atoms with van der Waals surface area (Å²) < 4.78 is 0. The second kappa shape index (κ2) is 3.35. The molecule has 0 aromatic heterocycles. The van der Waals surface area contributed by atoms with Crippen LogP contribution in [0.2, 0.25) is 0 Å². The molecule has 0 saturated heterocycles. The van der Waals surface area contributed by atoms with Gasteiger partial charge in [0.05, 0.1) is 6.61 Å². The van der Waals surface area contributed by atoms with E-state index in [-0.39, 0.29) is 0 Å².